The van der Waals surface area contributed by atoms with E-state index in [0.29, 0.717) is 17.8 Å². The average molecular weight is 281 g/mol. The molecular weight excluding hydrogens is 254 g/mol. The maximum atomic E-state index is 12.0. The third kappa shape index (κ3) is 2.80. The molecule has 4 nitrogen and oxygen atoms in total. The van der Waals surface area contributed by atoms with Crippen molar-refractivity contribution < 1.29 is 14.6 Å². The number of fused-ring (bicyclic) bond motifs is 2. The topological polar surface area (TPSA) is 58.6 Å². The molecule has 0 aromatic heterocycles. The number of nitrogens with one attached hydrogen (secondary N) is 1. The van der Waals surface area contributed by atoms with E-state index in [9.17, 15) is 9.90 Å². The van der Waals surface area contributed by atoms with Crippen molar-refractivity contribution in [2.75, 3.05) is 0 Å². The van der Waals surface area contributed by atoms with Crippen molar-refractivity contribution in [3.8, 4) is 0 Å². The fraction of sp³-hybridized carbons (Fsp3) is 0.938. The highest BCUT2D eigenvalue weighted by Gasteiger charge is 2.53. The summed E-state index contributed by atoms with van der Waals surface area (Å²) in [5, 5.41) is 13.7. The number of amides is 1. The summed E-state index contributed by atoms with van der Waals surface area (Å²) in [6.07, 6.45) is 5.83. The van der Waals surface area contributed by atoms with Crippen LogP contribution in [0.2, 0.25) is 0 Å². The fourth-order valence-electron chi connectivity index (χ4n) is 4.76. The molecule has 0 aromatic carbocycles. The molecule has 3 fully saturated rings. The first kappa shape index (κ1) is 14.2. The van der Waals surface area contributed by atoms with Gasteiger partial charge in [-0.05, 0) is 77.0 Å². The summed E-state index contributed by atoms with van der Waals surface area (Å²) < 4.78 is 5.38. The molecule has 4 heteroatoms. The van der Waals surface area contributed by atoms with E-state index in [4.69, 9.17) is 4.74 Å². The molecule has 3 aliphatic rings. The second-order valence-corrected chi connectivity index (χ2v) is 8.19. The van der Waals surface area contributed by atoms with Crippen LogP contribution in [0, 0.1) is 17.8 Å². The summed E-state index contributed by atoms with van der Waals surface area (Å²) in [4.78, 5) is 12.0. The second kappa shape index (κ2) is 4.62. The molecule has 1 amide bonds. The third-order valence-corrected chi connectivity index (χ3v) is 5.27. The Morgan fingerprint density at radius 3 is 2.70 bits per heavy atom. The molecule has 0 radical (unpaired) electrons. The molecule has 0 aromatic rings. The first-order chi connectivity index (χ1) is 9.24. The predicted molar refractivity (Wildman–Crippen MR) is 76.3 cm³/mol. The van der Waals surface area contributed by atoms with Gasteiger partial charge in [-0.1, -0.05) is 0 Å². The van der Waals surface area contributed by atoms with Gasteiger partial charge in [0.25, 0.3) is 0 Å². The van der Waals surface area contributed by atoms with Gasteiger partial charge in [-0.25, -0.2) is 4.79 Å². The summed E-state index contributed by atoms with van der Waals surface area (Å²) in [6.45, 7) is 5.65. The van der Waals surface area contributed by atoms with Crippen LogP contribution in [0.15, 0.2) is 0 Å². The van der Waals surface area contributed by atoms with Crippen molar-refractivity contribution in [3.05, 3.63) is 0 Å². The van der Waals surface area contributed by atoms with Crippen molar-refractivity contribution in [2.24, 2.45) is 17.8 Å². The lowest BCUT2D eigenvalue weighted by atomic mass is 9.77. The van der Waals surface area contributed by atoms with Gasteiger partial charge < -0.3 is 15.2 Å². The first-order valence-corrected chi connectivity index (χ1v) is 7.96. The molecule has 3 aliphatic carbocycles. The SMILES string of the molecule is CC(C)(C)OC(=O)NC1CCC2CC3CC(O)(C2)CC31. The quantitative estimate of drug-likeness (QED) is 0.777. The molecule has 5 unspecified atom stereocenters. The van der Waals surface area contributed by atoms with Crippen LogP contribution in [0.1, 0.15) is 59.3 Å². The van der Waals surface area contributed by atoms with E-state index in [1.54, 1.807) is 0 Å². The Morgan fingerprint density at radius 2 is 2.00 bits per heavy atom. The minimum Gasteiger partial charge on any atom is -0.444 e. The Morgan fingerprint density at radius 1 is 1.25 bits per heavy atom. The van der Waals surface area contributed by atoms with Crippen LogP contribution in [-0.2, 0) is 4.74 Å². The van der Waals surface area contributed by atoms with Gasteiger partial charge in [-0.15, -0.1) is 0 Å². The van der Waals surface area contributed by atoms with Crippen molar-refractivity contribution in [1.82, 2.24) is 5.32 Å². The summed E-state index contributed by atoms with van der Waals surface area (Å²) in [5.74, 6) is 1.66. The van der Waals surface area contributed by atoms with Gasteiger partial charge in [-0.3, -0.25) is 0 Å². The van der Waals surface area contributed by atoms with Crippen LogP contribution in [0.5, 0.6) is 0 Å². The number of ether oxygens (including phenoxy) is 1. The molecular formula is C16H27NO3. The number of hydrogen-bond acceptors (Lipinski definition) is 3. The van der Waals surface area contributed by atoms with Crippen molar-refractivity contribution in [2.45, 2.75) is 76.5 Å². The van der Waals surface area contributed by atoms with Gasteiger partial charge in [0.15, 0.2) is 0 Å². The van der Waals surface area contributed by atoms with Crippen LogP contribution in [0.3, 0.4) is 0 Å². The van der Waals surface area contributed by atoms with Crippen LogP contribution in [-0.4, -0.2) is 28.4 Å². The number of alkyl carbamates (subject to hydrolysis) is 1. The summed E-state index contributed by atoms with van der Waals surface area (Å²) in [6, 6.07) is 0.175. The first-order valence-electron chi connectivity index (χ1n) is 7.96. The van der Waals surface area contributed by atoms with E-state index in [0.717, 1.165) is 32.1 Å². The van der Waals surface area contributed by atoms with E-state index in [-0.39, 0.29) is 12.1 Å². The molecule has 0 heterocycles. The number of rotatable bonds is 1. The second-order valence-electron chi connectivity index (χ2n) is 8.19. The maximum Gasteiger partial charge on any atom is 0.407 e. The third-order valence-electron chi connectivity index (χ3n) is 5.27. The molecule has 0 spiro atoms. The Bertz CT molecular complexity index is 403. The highest BCUT2D eigenvalue weighted by molar-refractivity contribution is 5.68. The number of hydrogen-bond donors (Lipinski definition) is 2. The minimum absolute atomic E-state index is 0.175. The van der Waals surface area contributed by atoms with Gasteiger partial charge in [0.2, 0.25) is 0 Å². The van der Waals surface area contributed by atoms with Crippen LogP contribution in [0.4, 0.5) is 4.79 Å². The Labute approximate surface area is 121 Å². The number of aliphatic hydroxyl groups is 1. The van der Waals surface area contributed by atoms with Gasteiger partial charge >= 0.3 is 6.09 Å². The fourth-order valence-corrected chi connectivity index (χ4v) is 4.76. The summed E-state index contributed by atoms with van der Waals surface area (Å²) >= 11 is 0. The Hall–Kier alpha value is -0.770. The standard InChI is InChI=1S/C16H27NO3/c1-15(2,3)20-14(18)17-13-5-4-10-6-11-8-16(19,7-10)9-12(11)13/h10-13,19H,4-9H2,1-3H3,(H,17,18). The lowest BCUT2D eigenvalue weighted by Crippen LogP contribution is -2.44. The van der Waals surface area contributed by atoms with Crippen molar-refractivity contribution in [1.29, 1.82) is 0 Å². The molecule has 3 saturated carbocycles. The molecule has 3 rings (SSSR count). The molecule has 114 valence electrons. The monoisotopic (exact) mass is 281 g/mol. The van der Waals surface area contributed by atoms with Gasteiger partial charge in [0, 0.05) is 6.04 Å². The van der Waals surface area contributed by atoms with E-state index in [2.05, 4.69) is 5.32 Å². The van der Waals surface area contributed by atoms with Gasteiger partial charge in [0.1, 0.15) is 5.60 Å². The van der Waals surface area contributed by atoms with E-state index in [1.807, 2.05) is 20.8 Å². The van der Waals surface area contributed by atoms with Crippen molar-refractivity contribution >= 4 is 6.09 Å². The van der Waals surface area contributed by atoms with Crippen LogP contribution in [0.25, 0.3) is 0 Å². The lowest BCUT2D eigenvalue weighted by Gasteiger charge is -2.33. The van der Waals surface area contributed by atoms with Crippen molar-refractivity contribution in [3.63, 3.8) is 0 Å². The maximum absolute atomic E-state index is 12.0. The lowest BCUT2D eigenvalue weighted by molar-refractivity contribution is -0.00644. The zero-order valence-corrected chi connectivity index (χ0v) is 12.8. The van der Waals surface area contributed by atoms with E-state index in [1.165, 1.54) is 6.42 Å². The minimum atomic E-state index is -0.454. The molecule has 3 bridgehead atoms. The van der Waals surface area contributed by atoms with Gasteiger partial charge in [-0.2, -0.15) is 0 Å². The molecule has 5 atom stereocenters. The largest absolute Gasteiger partial charge is 0.444 e. The molecule has 2 N–H and O–H groups in total. The number of carbonyl (C=O) groups excluding carboxylic acids is 1. The van der Waals surface area contributed by atoms with E-state index >= 15 is 0 Å². The number of carbonyl (C=O) groups is 1. The van der Waals surface area contributed by atoms with Crippen LogP contribution < -0.4 is 5.32 Å². The predicted octanol–water partition coefficient (Wildman–Crippen LogP) is 2.84. The normalized spacial score (nSPS) is 43.2. The van der Waals surface area contributed by atoms with E-state index < -0.39 is 11.2 Å². The zero-order chi connectivity index (χ0) is 14.5. The van der Waals surface area contributed by atoms with Crippen LogP contribution >= 0.6 is 0 Å². The highest BCUT2D eigenvalue weighted by atomic mass is 16.6. The molecule has 0 saturated heterocycles. The Kier molecular flexibility index (Phi) is 3.27. The molecule has 0 aliphatic heterocycles. The average Bonchev–Trinajstić information content (AvgIpc) is 2.45. The highest BCUT2D eigenvalue weighted by Crippen LogP contribution is 2.55. The smallest absolute Gasteiger partial charge is 0.407 e. The van der Waals surface area contributed by atoms with Gasteiger partial charge in [0.05, 0.1) is 5.60 Å². The molecule has 20 heavy (non-hydrogen) atoms. The summed E-state index contributed by atoms with van der Waals surface area (Å²) in [7, 11) is 0. The zero-order valence-electron chi connectivity index (χ0n) is 12.8. The summed E-state index contributed by atoms with van der Waals surface area (Å²) in [5.41, 5.74) is -0.906. The Balaban J connectivity index is 1.67.